The fraction of sp³-hybridized carbons (Fsp3) is 0.550. The first-order valence-corrected chi connectivity index (χ1v) is 9.15. The second kappa shape index (κ2) is 7.98. The number of rotatable bonds is 9. The van der Waals surface area contributed by atoms with E-state index in [4.69, 9.17) is 6.42 Å². The Morgan fingerprint density at radius 2 is 2.08 bits per heavy atom. The van der Waals surface area contributed by atoms with Crippen molar-refractivity contribution < 1.29 is 9.90 Å². The van der Waals surface area contributed by atoms with Gasteiger partial charge in [0.2, 0.25) is 5.91 Å². The van der Waals surface area contributed by atoms with Crippen molar-refractivity contribution in [2.45, 2.75) is 49.9 Å². The molecule has 3 rings (SSSR count). The van der Waals surface area contributed by atoms with Crippen molar-refractivity contribution in [1.29, 1.82) is 0 Å². The summed E-state index contributed by atoms with van der Waals surface area (Å²) in [5.41, 5.74) is -0.0598. The fourth-order valence-corrected chi connectivity index (χ4v) is 3.39. The molecule has 6 nitrogen and oxygen atoms in total. The molecule has 1 amide bonds. The molecular formula is C20H26N4O2. The summed E-state index contributed by atoms with van der Waals surface area (Å²) in [7, 11) is 0. The third-order valence-electron chi connectivity index (χ3n) is 5.08. The van der Waals surface area contributed by atoms with Gasteiger partial charge in [0, 0.05) is 51.9 Å². The van der Waals surface area contributed by atoms with E-state index in [0.717, 1.165) is 13.1 Å². The van der Waals surface area contributed by atoms with Crippen molar-refractivity contribution in [2.75, 3.05) is 19.6 Å². The van der Waals surface area contributed by atoms with Gasteiger partial charge in [-0.05, 0) is 12.0 Å². The van der Waals surface area contributed by atoms with Gasteiger partial charge in [-0.1, -0.05) is 30.3 Å². The predicted octanol–water partition coefficient (Wildman–Crippen LogP) is 2.10. The van der Waals surface area contributed by atoms with Crippen molar-refractivity contribution in [3.8, 4) is 12.3 Å². The molecule has 2 aliphatic heterocycles. The van der Waals surface area contributed by atoms with E-state index >= 15 is 0 Å². The Morgan fingerprint density at radius 3 is 2.77 bits per heavy atom. The first kappa shape index (κ1) is 18.6. The monoisotopic (exact) mass is 354 g/mol. The number of hydrogen-bond acceptors (Lipinski definition) is 5. The van der Waals surface area contributed by atoms with Crippen molar-refractivity contribution in [3.05, 3.63) is 35.9 Å². The van der Waals surface area contributed by atoms with Crippen LogP contribution >= 0.6 is 0 Å². The van der Waals surface area contributed by atoms with Crippen LogP contribution in [0.2, 0.25) is 0 Å². The minimum Gasteiger partial charge on any atom is -0.387 e. The van der Waals surface area contributed by atoms with Gasteiger partial charge < -0.3 is 10.4 Å². The van der Waals surface area contributed by atoms with Crippen LogP contribution < -0.4 is 5.32 Å². The molecule has 2 heterocycles. The summed E-state index contributed by atoms with van der Waals surface area (Å²) in [6.45, 7) is 2.49. The number of terminal acetylenes is 1. The van der Waals surface area contributed by atoms with E-state index in [-0.39, 0.29) is 12.5 Å². The number of amides is 1. The molecule has 0 aliphatic carbocycles. The molecule has 2 aliphatic rings. The Bertz CT molecular complexity index is 692. The summed E-state index contributed by atoms with van der Waals surface area (Å²) >= 11 is 0. The van der Waals surface area contributed by atoms with Gasteiger partial charge in [0.25, 0.3) is 0 Å². The summed E-state index contributed by atoms with van der Waals surface area (Å²) in [6.07, 6.45) is 8.18. The number of β-amino-alcohol motifs (C(OH)–C–C–N with tert-alkyl or cyclic N) is 1. The van der Waals surface area contributed by atoms with Gasteiger partial charge in [-0.3, -0.25) is 9.69 Å². The Kier molecular flexibility index (Phi) is 5.70. The number of benzene rings is 1. The molecule has 138 valence electrons. The molecule has 2 N–H and O–H groups in total. The lowest BCUT2D eigenvalue weighted by Crippen LogP contribution is -2.45. The second-order valence-corrected chi connectivity index (χ2v) is 7.33. The van der Waals surface area contributed by atoms with E-state index in [1.807, 2.05) is 18.2 Å². The van der Waals surface area contributed by atoms with E-state index < -0.39 is 11.3 Å². The smallest absolute Gasteiger partial charge is 0.220 e. The lowest BCUT2D eigenvalue weighted by atomic mass is 10.0. The highest BCUT2D eigenvalue weighted by atomic mass is 16.3. The zero-order valence-electron chi connectivity index (χ0n) is 15.0. The predicted molar refractivity (Wildman–Crippen MR) is 99.2 cm³/mol. The molecule has 6 heteroatoms. The van der Waals surface area contributed by atoms with E-state index in [1.165, 1.54) is 5.56 Å². The number of nitrogens with zero attached hydrogens (tertiary/aromatic N) is 3. The Morgan fingerprint density at radius 1 is 1.31 bits per heavy atom. The van der Waals surface area contributed by atoms with Gasteiger partial charge in [0.05, 0.1) is 5.60 Å². The van der Waals surface area contributed by atoms with E-state index in [9.17, 15) is 9.90 Å². The van der Waals surface area contributed by atoms with Crippen LogP contribution in [0.15, 0.2) is 40.6 Å². The maximum Gasteiger partial charge on any atom is 0.220 e. The summed E-state index contributed by atoms with van der Waals surface area (Å²) in [5, 5.41) is 21.7. The zero-order chi connectivity index (χ0) is 18.5. The molecule has 0 saturated carbocycles. The first-order valence-electron chi connectivity index (χ1n) is 9.15. The Labute approximate surface area is 154 Å². The molecule has 0 spiro atoms. The molecule has 0 aromatic heterocycles. The normalized spacial score (nSPS) is 23.5. The molecule has 1 unspecified atom stereocenters. The first-order chi connectivity index (χ1) is 12.5. The van der Waals surface area contributed by atoms with Gasteiger partial charge >= 0.3 is 0 Å². The highest BCUT2D eigenvalue weighted by Gasteiger charge is 2.40. The summed E-state index contributed by atoms with van der Waals surface area (Å²) < 4.78 is 0. The quantitative estimate of drug-likeness (QED) is 0.667. The lowest BCUT2D eigenvalue weighted by Gasteiger charge is -2.24. The van der Waals surface area contributed by atoms with E-state index in [1.54, 1.807) is 0 Å². The third kappa shape index (κ3) is 5.13. The standard InChI is InChI=1S/C20H26N4O2/c1-2-3-10-20(22-23-20)11-9-18(25)21-15-19(26)12-13-24(16-19)14-17-7-5-4-6-8-17/h1,4-8,26H,3,9-16H2,(H,21,25). The van der Waals surface area contributed by atoms with Crippen LogP contribution in [0.3, 0.4) is 0 Å². The zero-order valence-corrected chi connectivity index (χ0v) is 15.0. The molecule has 1 saturated heterocycles. The van der Waals surface area contributed by atoms with Crippen LogP contribution in [0.5, 0.6) is 0 Å². The van der Waals surface area contributed by atoms with Crippen LogP contribution in [0.4, 0.5) is 0 Å². The van der Waals surface area contributed by atoms with Crippen LogP contribution in [0.25, 0.3) is 0 Å². The topological polar surface area (TPSA) is 77.3 Å². The number of likely N-dealkylation sites (tertiary alicyclic amines) is 1. The average molecular weight is 354 g/mol. The van der Waals surface area contributed by atoms with Gasteiger partial charge in [-0.15, -0.1) is 12.3 Å². The second-order valence-electron chi connectivity index (χ2n) is 7.33. The van der Waals surface area contributed by atoms with Crippen LogP contribution in [-0.2, 0) is 11.3 Å². The molecule has 1 aromatic carbocycles. The van der Waals surface area contributed by atoms with E-state index in [2.05, 4.69) is 38.5 Å². The van der Waals surface area contributed by atoms with Crippen LogP contribution in [-0.4, -0.2) is 46.8 Å². The van der Waals surface area contributed by atoms with Crippen LogP contribution in [0.1, 0.15) is 37.7 Å². The number of carbonyl (C=O) groups is 1. The SMILES string of the molecule is C#CCCC1(CCC(=O)NCC2(O)CCN(Cc3ccccc3)C2)N=N1. The Balaban J connectivity index is 1.37. The minimum atomic E-state index is -0.861. The molecule has 26 heavy (non-hydrogen) atoms. The molecule has 1 atom stereocenters. The molecule has 0 radical (unpaired) electrons. The number of aliphatic hydroxyl groups is 1. The van der Waals surface area contributed by atoms with Crippen molar-refractivity contribution in [3.63, 3.8) is 0 Å². The van der Waals surface area contributed by atoms with Crippen LogP contribution in [0, 0.1) is 12.3 Å². The van der Waals surface area contributed by atoms with Crippen molar-refractivity contribution in [1.82, 2.24) is 10.2 Å². The number of carbonyl (C=O) groups excluding carboxylic acids is 1. The molecular weight excluding hydrogens is 328 g/mol. The maximum absolute atomic E-state index is 12.1. The third-order valence-corrected chi connectivity index (χ3v) is 5.08. The summed E-state index contributed by atoms with van der Waals surface area (Å²) in [5.74, 6) is 2.51. The highest BCUT2D eigenvalue weighted by Crippen LogP contribution is 2.37. The molecule has 0 bridgehead atoms. The van der Waals surface area contributed by atoms with Gasteiger partial charge in [-0.25, -0.2) is 0 Å². The Hall–Kier alpha value is -2.23. The molecule has 1 fully saturated rings. The maximum atomic E-state index is 12.1. The van der Waals surface area contributed by atoms with Gasteiger partial charge in [0.15, 0.2) is 5.66 Å². The minimum absolute atomic E-state index is 0.0719. The van der Waals surface area contributed by atoms with E-state index in [0.29, 0.717) is 38.6 Å². The van der Waals surface area contributed by atoms with Gasteiger partial charge in [0.1, 0.15) is 0 Å². The fourth-order valence-electron chi connectivity index (χ4n) is 3.39. The van der Waals surface area contributed by atoms with Crippen molar-refractivity contribution in [2.24, 2.45) is 10.2 Å². The summed E-state index contributed by atoms with van der Waals surface area (Å²) in [6, 6.07) is 10.2. The number of hydrogen-bond donors (Lipinski definition) is 2. The molecule has 1 aromatic rings. The highest BCUT2D eigenvalue weighted by molar-refractivity contribution is 5.76. The number of nitrogens with one attached hydrogen (secondary N) is 1. The average Bonchev–Trinajstić information content (AvgIpc) is 3.33. The largest absolute Gasteiger partial charge is 0.387 e. The lowest BCUT2D eigenvalue weighted by molar-refractivity contribution is -0.122. The summed E-state index contributed by atoms with van der Waals surface area (Å²) in [4.78, 5) is 14.3. The van der Waals surface area contributed by atoms with Crippen molar-refractivity contribution >= 4 is 5.91 Å². The van der Waals surface area contributed by atoms with Gasteiger partial charge in [-0.2, -0.15) is 10.2 Å².